The minimum Gasteiger partial charge on any atom is -0.462 e. The van der Waals surface area contributed by atoms with E-state index in [-0.39, 0.29) is 31.1 Å². The normalized spacial score (nSPS) is 12.3. The average molecular weight is 829 g/mol. The second-order valence-corrected chi connectivity index (χ2v) is 17.1. The van der Waals surface area contributed by atoms with Crippen LogP contribution in [-0.2, 0) is 28.6 Å². The zero-order valence-electron chi connectivity index (χ0n) is 39.3. The minimum atomic E-state index is -0.781. The number of ether oxygens (including phenoxy) is 3. The number of carbonyl (C=O) groups excluding carboxylic acids is 3. The summed E-state index contributed by atoms with van der Waals surface area (Å²) in [6, 6.07) is 0. The number of unbranched alkanes of at least 4 members (excludes halogenated alkanes) is 29. The van der Waals surface area contributed by atoms with Crippen molar-refractivity contribution >= 4 is 17.9 Å². The second kappa shape index (κ2) is 48.3. The van der Waals surface area contributed by atoms with Crippen LogP contribution in [0.25, 0.3) is 0 Å². The van der Waals surface area contributed by atoms with E-state index >= 15 is 0 Å². The summed E-state index contributed by atoms with van der Waals surface area (Å²) >= 11 is 0. The van der Waals surface area contributed by atoms with E-state index in [0.717, 1.165) is 83.5 Å². The Balaban J connectivity index is 4.31. The maximum absolute atomic E-state index is 12.7. The molecule has 0 aromatic carbocycles. The Hall–Kier alpha value is -2.37. The topological polar surface area (TPSA) is 78.9 Å². The predicted molar refractivity (Wildman–Crippen MR) is 252 cm³/mol. The fourth-order valence-corrected chi connectivity index (χ4v) is 7.34. The largest absolute Gasteiger partial charge is 0.462 e. The van der Waals surface area contributed by atoms with Gasteiger partial charge in [0.25, 0.3) is 0 Å². The molecular weight excluding hydrogens is 733 g/mol. The van der Waals surface area contributed by atoms with Gasteiger partial charge in [0, 0.05) is 19.3 Å². The smallest absolute Gasteiger partial charge is 0.306 e. The van der Waals surface area contributed by atoms with Gasteiger partial charge >= 0.3 is 17.9 Å². The zero-order chi connectivity index (χ0) is 43.0. The van der Waals surface area contributed by atoms with Crippen LogP contribution in [0.5, 0.6) is 0 Å². The minimum absolute atomic E-state index is 0.0801. The SMILES string of the molecule is CC/C=C\C/C=C\C/C=C\CCCCCC(=O)OC(COC(=O)CCCCCCCCCCCC)COC(=O)CCCCCCCCCCCCCCCCCCCC. The van der Waals surface area contributed by atoms with Crippen LogP contribution in [0.3, 0.4) is 0 Å². The first-order valence-electron chi connectivity index (χ1n) is 25.5. The summed E-state index contributed by atoms with van der Waals surface area (Å²) in [7, 11) is 0. The molecule has 0 aliphatic rings. The standard InChI is InChI=1S/C53H96O6/c1-4-7-10-13-16-19-22-24-25-26-27-28-30-31-34-37-40-43-46-52(55)58-49-50(48-57-51(54)45-42-39-36-33-21-18-15-12-9-6-3)59-53(56)47-44-41-38-35-32-29-23-20-17-14-11-8-5-2/h8,11,17,20,29,32,50H,4-7,9-10,12-16,18-19,21-28,30-31,33-49H2,1-3H3/b11-8-,20-17-,32-29-. The maximum Gasteiger partial charge on any atom is 0.306 e. The summed E-state index contributed by atoms with van der Waals surface area (Å²) in [5.74, 6) is -0.901. The van der Waals surface area contributed by atoms with Crippen LogP contribution in [0.4, 0.5) is 0 Å². The maximum atomic E-state index is 12.7. The van der Waals surface area contributed by atoms with Gasteiger partial charge in [0.15, 0.2) is 6.10 Å². The lowest BCUT2D eigenvalue weighted by Crippen LogP contribution is -2.30. The second-order valence-electron chi connectivity index (χ2n) is 17.1. The van der Waals surface area contributed by atoms with E-state index < -0.39 is 6.10 Å². The van der Waals surface area contributed by atoms with E-state index in [1.54, 1.807) is 0 Å². The van der Waals surface area contributed by atoms with E-state index in [0.29, 0.717) is 19.3 Å². The highest BCUT2D eigenvalue weighted by Gasteiger charge is 2.19. The first kappa shape index (κ1) is 56.6. The molecule has 0 rings (SSSR count). The third-order valence-electron chi connectivity index (χ3n) is 11.2. The molecule has 0 amide bonds. The molecule has 59 heavy (non-hydrogen) atoms. The molecule has 0 aromatic rings. The molecule has 0 heterocycles. The summed E-state index contributed by atoms with van der Waals surface area (Å²) in [5.41, 5.74) is 0. The molecule has 0 aromatic heterocycles. The molecule has 0 saturated heterocycles. The highest BCUT2D eigenvalue weighted by atomic mass is 16.6. The quantitative estimate of drug-likeness (QED) is 0.0263. The van der Waals surface area contributed by atoms with Crippen molar-refractivity contribution in [3.8, 4) is 0 Å². The molecule has 0 radical (unpaired) electrons. The van der Waals surface area contributed by atoms with Gasteiger partial charge in [-0.2, -0.15) is 0 Å². The van der Waals surface area contributed by atoms with Crippen LogP contribution in [0.2, 0.25) is 0 Å². The summed E-state index contributed by atoms with van der Waals surface area (Å²) in [5, 5.41) is 0. The van der Waals surface area contributed by atoms with E-state index in [2.05, 4.69) is 57.2 Å². The van der Waals surface area contributed by atoms with Crippen LogP contribution in [0.1, 0.15) is 265 Å². The molecule has 0 N–H and O–H groups in total. The average Bonchev–Trinajstić information content (AvgIpc) is 3.23. The van der Waals surface area contributed by atoms with Crippen LogP contribution in [0, 0.1) is 0 Å². The Kier molecular flexibility index (Phi) is 46.4. The van der Waals surface area contributed by atoms with Crippen molar-refractivity contribution in [3.63, 3.8) is 0 Å². The van der Waals surface area contributed by atoms with Crippen molar-refractivity contribution in [1.82, 2.24) is 0 Å². The monoisotopic (exact) mass is 829 g/mol. The summed E-state index contributed by atoms with van der Waals surface area (Å²) in [6.45, 7) is 6.51. The molecule has 1 unspecified atom stereocenters. The summed E-state index contributed by atoms with van der Waals surface area (Å²) in [6.07, 6.45) is 55.6. The van der Waals surface area contributed by atoms with Gasteiger partial charge in [-0.05, 0) is 51.4 Å². The Morgan fingerprint density at radius 1 is 0.356 bits per heavy atom. The van der Waals surface area contributed by atoms with Crippen molar-refractivity contribution in [2.75, 3.05) is 13.2 Å². The van der Waals surface area contributed by atoms with Gasteiger partial charge in [-0.3, -0.25) is 14.4 Å². The van der Waals surface area contributed by atoms with Crippen LogP contribution >= 0.6 is 0 Å². The van der Waals surface area contributed by atoms with Gasteiger partial charge in [-0.15, -0.1) is 0 Å². The Labute approximate surface area is 365 Å². The molecular formula is C53H96O6. The van der Waals surface area contributed by atoms with Gasteiger partial charge in [0.1, 0.15) is 13.2 Å². The van der Waals surface area contributed by atoms with Crippen molar-refractivity contribution in [1.29, 1.82) is 0 Å². The van der Waals surface area contributed by atoms with Gasteiger partial charge in [-0.1, -0.05) is 231 Å². The van der Waals surface area contributed by atoms with Crippen molar-refractivity contribution < 1.29 is 28.6 Å². The lowest BCUT2D eigenvalue weighted by Gasteiger charge is -2.18. The number of rotatable bonds is 46. The first-order chi connectivity index (χ1) is 29.0. The van der Waals surface area contributed by atoms with E-state index in [1.807, 2.05) is 0 Å². The van der Waals surface area contributed by atoms with Gasteiger partial charge in [-0.25, -0.2) is 0 Å². The van der Waals surface area contributed by atoms with Gasteiger partial charge < -0.3 is 14.2 Å². The van der Waals surface area contributed by atoms with Crippen LogP contribution in [0.15, 0.2) is 36.5 Å². The van der Waals surface area contributed by atoms with E-state index in [4.69, 9.17) is 14.2 Å². The number of allylic oxidation sites excluding steroid dienone is 6. The predicted octanol–water partition coefficient (Wildman–Crippen LogP) is 16.5. The van der Waals surface area contributed by atoms with E-state index in [1.165, 1.54) is 141 Å². The molecule has 0 spiro atoms. The third-order valence-corrected chi connectivity index (χ3v) is 11.2. The van der Waals surface area contributed by atoms with E-state index in [9.17, 15) is 14.4 Å². The molecule has 0 fully saturated rings. The molecule has 0 bridgehead atoms. The lowest BCUT2D eigenvalue weighted by atomic mass is 10.0. The first-order valence-corrected chi connectivity index (χ1v) is 25.5. The molecule has 6 heteroatoms. The molecule has 344 valence electrons. The van der Waals surface area contributed by atoms with Crippen LogP contribution < -0.4 is 0 Å². The summed E-state index contributed by atoms with van der Waals surface area (Å²) < 4.78 is 16.7. The Morgan fingerprint density at radius 2 is 0.661 bits per heavy atom. The number of esters is 3. The fraction of sp³-hybridized carbons (Fsp3) is 0.830. The number of hydrogen-bond acceptors (Lipinski definition) is 6. The fourth-order valence-electron chi connectivity index (χ4n) is 7.34. The van der Waals surface area contributed by atoms with Crippen molar-refractivity contribution in [2.45, 2.75) is 271 Å². The van der Waals surface area contributed by atoms with Crippen molar-refractivity contribution in [2.24, 2.45) is 0 Å². The van der Waals surface area contributed by atoms with Crippen LogP contribution in [-0.4, -0.2) is 37.2 Å². The highest BCUT2D eigenvalue weighted by Crippen LogP contribution is 2.16. The summed E-state index contributed by atoms with van der Waals surface area (Å²) in [4.78, 5) is 37.8. The molecule has 0 aliphatic heterocycles. The molecule has 0 aliphatic carbocycles. The lowest BCUT2D eigenvalue weighted by molar-refractivity contribution is -0.167. The molecule has 6 nitrogen and oxygen atoms in total. The zero-order valence-corrected chi connectivity index (χ0v) is 39.3. The van der Waals surface area contributed by atoms with Crippen molar-refractivity contribution in [3.05, 3.63) is 36.5 Å². The molecule has 0 saturated carbocycles. The highest BCUT2D eigenvalue weighted by molar-refractivity contribution is 5.71. The van der Waals surface area contributed by atoms with Gasteiger partial charge in [0.05, 0.1) is 0 Å². The number of hydrogen-bond donors (Lipinski definition) is 0. The van der Waals surface area contributed by atoms with Gasteiger partial charge in [0.2, 0.25) is 0 Å². The third kappa shape index (κ3) is 46.5. The Morgan fingerprint density at radius 3 is 1.03 bits per heavy atom. The molecule has 1 atom stereocenters. The number of carbonyl (C=O) groups is 3. The Bertz CT molecular complexity index is 1000.